The van der Waals surface area contributed by atoms with Crippen molar-refractivity contribution in [2.24, 2.45) is 5.73 Å². The predicted octanol–water partition coefficient (Wildman–Crippen LogP) is 0.587. The molecular weight excluding hydrogens is 192 g/mol. The zero-order valence-electron chi connectivity index (χ0n) is 8.39. The number of hydrogen-bond acceptors (Lipinski definition) is 3. The number of rotatable bonds is 2. The third kappa shape index (κ3) is 2.16. The van der Waals surface area contributed by atoms with Crippen LogP contribution in [0.3, 0.4) is 0 Å². The van der Waals surface area contributed by atoms with Gasteiger partial charge in [0.05, 0.1) is 6.54 Å². The SMILES string of the molecule is NC1CN(CC(=O)O)Cc2ccccc21. The molecular formula is C11H14N2O2. The van der Waals surface area contributed by atoms with Crippen molar-refractivity contribution in [1.29, 1.82) is 0 Å². The van der Waals surface area contributed by atoms with E-state index < -0.39 is 5.97 Å². The maximum Gasteiger partial charge on any atom is 0.317 e. The summed E-state index contributed by atoms with van der Waals surface area (Å²) in [6, 6.07) is 7.86. The Morgan fingerprint density at radius 2 is 2.27 bits per heavy atom. The highest BCUT2D eigenvalue weighted by Gasteiger charge is 2.23. The smallest absolute Gasteiger partial charge is 0.317 e. The summed E-state index contributed by atoms with van der Waals surface area (Å²) in [4.78, 5) is 12.5. The van der Waals surface area contributed by atoms with E-state index in [9.17, 15) is 4.79 Å². The van der Waals surface area contributed by atoms with Gasteiger partial charge in [0.15, 0.2) is 0 Å². The Balaban J connectivity index is 2.19. The molecule has 0 saturated carbocycles. The molecule has 0 aliphatic carbocycles. The predicted molar refractivity (Wildman–Crippen MR) is 56.3 cm³/mol. The monoisotopic (exact) mass is 206 g/mol. The van der Waals surface area contributed by atoms with Gasteiger partial charge in [-0.25, -0.2) is 0 Å². The average Bonchev–Trinajstić information content (AvgIpc) is 2.16. The number of nitrogens with zero attached hydrogens (tertiary/aromatic N) is 1. The molecule has 0 spiro atoms. The first-order valence-corrected chi connectivity index (χ1v) is 4.94. The van der Waals surface area contributed by atoms with Crippen LogP contribution in [0.2, 0.25) is 0 Å². The number of benzene rings is 1. The molecule has 1 aromatic rings. The number of carboxylic acids is 1. The van der Waals surface area contributed by atoms with Gasteiger partial charge in [-0.05, 0) is 11.1 Å². The molecule has 0 bridgehead atoms. The lowest BCUT2D eigenvalue weighted by molar-refractivity contribution is -0.138. The van der Waals surface area contributed by atoms with Gasteiger partial charge in [-0.3, -0.25) is 9.69 Å². The Bertz CT molecular complexity index is 379. The Kier molecular flexibility index (Phi) is 2.70. The zero-order chi connectivity index (χ0) is 10.8. The van der Waals surface area contributed by atoms with E-state index in [1.54, 1.807) is 0 Å². The molecule has 15 heavy (non-hydrogen) atoms. The van der Waals surface area contributed by atoms with Crippen molar-refractivity contribution in [3.8, 4) is 0 Å². The lowest BCUT2D eigenvalue weighted by Crippen LogP contribution is -2.39. The minimum Gasteiger partial charge on any atom is -0.480 e. The summed E-state index contributed by atoms with van der Waals surface area (Å²) in [6.07, 6.45) is 0. The second kappa shape index (κ2) is 4.00. The maximum absolute atomic E-state index is 10.6. The zero-order valence-corrected chi connectivity index (χ0v) is 8.39. The summed E-state index contributed by atoms with van der Waals surface area (Å²) in [5.41, 5.74) is 8.25. The Morgan fingerprint density at radius 3 is 3.00 bits per heavy atom. The van der Waals surface area contributed by atoms with Crippen molar-refractivity contribution in [2.75, 3.05) is 13.1 Å². The average molecular weight is 206 g/mol. The van der Waals surface area contributed by atoms with Crippen LogP contribution in [0.25, 0.3) is 0 Å². The molecule has 1 heterocycles. The van der Waals surface area contributed by atoms with Crippen LogP contribution in [0.5, 0.6) is 0 Å². The second-order valence-corrected chi connectivity index (χ2v) is 3.87. The normalized spacial score (nSPS) is 21.0. The molecule has 4 nitrogen and oxygen atoms in total. The van der Waals surface area contributed by atoms with E-state index in [0.29, 0.717) is 13.1 Å². The highest BCUT2D eigenvalue weighted by molar-refractivity contribution is 5.69. The van der Waals surface area contributed by atoms with Gasteiger partial charge in [0.1, 0.15) is 0 Å². The van der Waals surface area contributed by atoms with Crippen LogP contribution in [0, 0.1) is 0 Å². The molecule has 0 fully saturated rings. The summed E-state index contributed by atoms with van der Waals surface area (Å²) in [6.45, 7) is 1.35. The van der Waals surface area contributed by atoms with Crippen LogP contribution >= 0.6 is 0 Å². The first-order valence-electron chi connectivity index (χ1n) is 4.94. The molecule has 0 aromatic heterocycles. The molecule has 2 rings (SSSR count). The van der Waals surface area contributed by atoms with Crippen molar-refractivity contribution in [3.63, 3.8) is 0 Å². The summed E-state index contributed by atoms with van der Waals surface area (Å²) in [5, 5.41) is 8.72. The van der Waals surface area contributed by atoms with E-state index in [1.165, 1.54) is 0 Å². The van der Waals surface area contributed by atoms with Crippen LogP contribution < -0.4 is 5.73 Å². The third-order valence-electron chi connectivity index (χ3n) is 2.66. The maximum atomic E-state index is 10.6. The topological polar surface area (TPSA) is 66.6 Å². The van der Waals surface area contributed by atoms with Gasteiger partial charge in [0.2, 0.25) is 0 Å². The lowest BCUT2D eigenvalue weighted by Gasteiger charge is -2.31. The summed E-state index contributed by atoms with van der Waals surface area (Å²) in [5.74, 6) is -0.804. The molecule has 1 aromatic carbocycles. The molecule has 4 heteroatoms. The quantitative estimate of drug-likeness (QED) is 0.743. The minimum atomic E-state index is -0.804. The number of hydrogen-bond donors (Lipinski definition) is 2. The van der Waals surface area contributed by atoms with E-state index >= 15 is 0 Å². The fraction of sp³-hybridized carbons (Fsp3) is 0.364. The third-order valence-corrected chi connectivity index (χ3v) is 2.66. The molecule has 1 aliphatic heterocycles. The Morgan fingerprint density at radius 1 is 1.53 bits per heavy atom. The number of fused-ring (bicyclic) bond motifs is 1. The largest absolute Gasteiger partial charge is 0.480 e. The first-order chi connectivity index (χ1) is 7.16. The van der Waals surface area contributed by atoms with Gasteiger partial charge in [0.25, 0.3) is 0 Å². The summed E-state index contributed by atoms with van der Waals surface area (Å²) < 4.78 is 0. The van der Waals surface area contributed by atoms with Crippen LogP contribution in [-0.4, -0.2) is 29.1 Å². The Labute approximate surface area is 88.3 Å². The molecule has 1 unspecified atom stereocenters. The van der Waals surface area contributed by atoms with Crippen molar-refractivity contribution >= 4 is 5.97 Å². The van der Waals surface area contributed by atoms with Crippen LogP contribution in [0.1, 0.15) is 17.2 Å². The van der Waals surface area contributed by atoms with Gasteiger partial charge >= 0.3 is 5.97 Å². The van der Waals surface area contributed by atoms with E-state index in [1.807, 2.05) is 29.2 Å². The van der Waals surface area contributed by atoms with Gasteiger partial charge in [0, 0.05) is 19.1 Å². The number of nitrogens with two attached hydrogens (primary N) is 1. The van der Waals surface area contributed by atoms with Crippen LogP contribution in [0.4, 0.5) is 0 Å². The molecule has 0 amide bonds. The van der Waals surface area contributed by atoms with Crippen molar-refractivity contribution in [3.05, 3.63) is 35.4 Å². The van der Waals surface area contributed by atoms with Crippen molar-refractivity contribution in [1.82, 2.24) is 4.90 Å². The number of carboxylic acid groups (broad SMARTS) is 1. The van der Waals surface area contributed by atoms with Gasteiger partial charge in [-0.15, -0.1) is 0 Å². The standard InChI is InChI=1S/C11H14N2O2/c12-10-6-13(7-11(14)15)5-8-3-1-2-4-9(8)10/h1-4,10H,5-7,12H2,(H,14,15). The van der Waals surface area contributed by atoms with E-state index in [-0.39, 0.29) is 12.6 Å². The van der Waals surface area contributed by atoms with E-state index in [4.69, 9.17) is 10.8 Å². The summed E-state index contributed by atoms with van der Waals surface area (Å²) >= 11 is 0. The van der Waals surface area contributed by atoms with Gasteiger partial charge in [-0.2, -0.15) is 0 Å². The fourth-order valence-corrected chi connectivity index (χ4v) is 2.03. The van der Waals surface area contributed by atoms with Gasteiger partial charge in [-0.1, -0.05) is 24.3 Å². The number of carbonyl (C=O) groups is 1. The minimum absolute atomic E-state index is 0.0576. The van der Waals surface area contributed by atoms with Crippen molar-refractivity contribution in [2.45, 2.75) is 12.6 Å². The molecule has 80 valence electrons. The Hall–Kier alpha value is -1.39. The highest BCUT2D eigenvalue weighted by Crippen LogP contribution is 2.24. The lowest BCUT2D eigenvalue weighted by atomic mass is 9.96. The highest BCUT2D eigenvalue weighted by atomic mass is 16.4. The summed E-state index contributed by atoms with van der Waals surface area (Å²) in [7, 11) is 0. The molecule has 3 N–H and O–H groups in total. The van der Waals surface area contributed by atoms with Crippen molar-refractivity contribution < 1.29 is 9.90 Å². The molecule has 1 aliphatic rings. The number of aliphatic carboxylic acids is 1. The molecule has 1 atom stereocenters. The molecule has 0 radical (unpaired) electrons. The van der Waals surface area contributed by atoms with E-state index in [2.05, 4.69) is 0 Å². The first kappa shape index (κ1) is 10.1. The fourth-order valence-electron chi connectivity index (χ4n) is 2.03. The van der Waals surface area contributed by atoms with Crippen LogP contribution in [0.15, 0.2) is 24.3 Å². The molecule has 0 saturated heterocycles. The second-order valence-electron chi connectivity index (χ2n) is 3.87. The van der Waals surface area contributed by atoms with Gasteiger partial charge < -0.3 is 10.8 Å². The van der Waals surface area contributed by atoms with E-state index in [0.717, 1.165) is 11.1 Å². The van der Waals surface area contributed by atoms with Crippen LogP contribution in [-0.2, 0) is 11.3 Å².